The quantitative estimate of drug-likeness (QED) is 0.654. The van der Waals surface area contributed by atoms with E-state index in [1.165, 1.54) is 44.9 Å². The Bertz CT molecular complexity index is 126. The first-order valence-corrected chi connectivity index (χ1v) is 5.01. The van der Waals surface area contributed by atoms with E-state index >= 15 is 0 Å². The highest BCUT2D eigenvalue weighted by atomic mass is 32.1. The molecule has 0 amide bonds. The summed E-state index contributed by atoms with van der Waals surface area (Å²) in [6.07, 6.45) is 9.26. The molecule has 0 unspecified atom stereocenters. The van der Waals surface area contributed by atoms with Gasteiger partial charge in [-0.25, -0.2) is 0 Å². The molecule has 1 aliphatic rings. The number of hydrogen-bond acceptors (Lipinski definition) is 1. The Morgan fingerprint density at radius 1 is 0.923 bits per heavy atom. The van der Waals surface area contributed by atoms with Crippen LogP contribution in [0.15, 0.2) is 0 Å². The lowest BCUT2D eigenvalue weighted by atomic mass is 9.91. The summed E-state index contributed by atoms with van der Waals surface area (Å²) in [5.74, 6) is 0.547. The van der Waals surface area contributed by atoms with Crippen LogP contribution in [0.3, 0.4) is 0 Å². The van der Waals surface area contributed by atoms with Crippen LogP contribution in [0.5, 0.6) is 0 Å². The second-order valence-electron chi connectivity index (χ2n) is 3.44. The third kappa shape index (κ3) is 6.03. The van der Waals surface area contributed by atoms with E-state index in [1.807, 2.05) is 0 Å². The third-order valence-electron chi connectivity index (χ3n) is 2.51. The fraction of sp³-hybridized carbons (Fsp3) is 0.909. The number of hydrogen-bond donors (Lipinski definition) is 1. The zero-order valence-electron chi connectivity index (χ0n) is 7.01. The minimum atomic E-state index is 0. The summed E-state index contributed by atoms with van der Waals surface area (Å²) in [7, 11) is 0. The summed E-state index contributed by atoms with van der Waals surface area (Å²) >= 11 is 5.00. The lowest BCUT2D eigenvalue weighted by molar-refractivity contribution is 0.453. The predicted octanol–water partition coefficient (Wildman–Crippen LogP) is 3.91. The van der Waals surface area contributed by atoms with Crippen LogP contribution in [0.2, 0.25) is 0 Å². The highest BCUT2D eigenvalue weighted by Gasteiger charge is 2.12. The van der Waals surface area contributed by atoms with E-state index in [0.717, 1.165) is 4.99 Å². The van der Waals surface area contributed by atoms with Crippen LogP contribution in [0.1, 0.15) is 59.8 Å². The molecule has 80 valence electrons. The van der Waals surface area contributed by atoms with Crippen molar-refractivity contribution in [2.45, 2.75) is 59.8 Å². The van der Waals surface area contributed by atoms with Gasteiger partial charge in [-0.3, -0.25) is 0 Å². The minimum absolute atomic E-state index is 0. The monoisotopic (exact) mass is 203 g/mol. The van der Waals surface area contributed by atoms with Crippen LogP contribution in [-0.4, -0.2) is 4.99 Å². The highest BCUT2D eigenvalue weighted by molar-refractivity contribution is 7.80. The van der Waals surface area contributed by atoms with E-state index in [1.54, 1.807) is 0 Å². The highest BCUT2D eigenvalue weighted by Crippen LogP contribution is 2.22. The van der Waals surface area contributed by atoms with Crippen molar-refractivity contribution in [3.05, 3.63) is 0 Å². The lowest BCUT2D eigenvalue weighted by Gasteiger charge is -2.17. The largest absolute Gasteiger partial charge is 0.393 e. The Kier molecular flexibility index (Phi) is 10.0. The van der Waals surface area contributed by atoms with Gasteiger partial charge in [0.15, 0.2) is 0 Å². The average molecular weight is 203 g/mol. The molecule has 0 atom stereocenters. The van der Waals surface area contributed by atoms with Crippen molar-refractivity contribution in [3.63, 3.8) is 0 Å². The van der Waals surface area contributed by atoms with E-state index in [2.05, 4.69) is 0 Å². The van der Waals surface area contributed by atoms with Crippen molar-refractivity contribution in [3.8, 4) is 0 Å². The van der Waals surface area contributed by atoms with Crippen molar-refractivity contribution < 1.29 is 0 Å². The van der Waals surface area contributed by atoms with Crippen molar-refractivity contribution in [2.75, 3.05) is 0 Å². The topological polar surface area (TPSA) is 26.0 Å². The van der Waals surface area contributed by atoms with Crippen LogP contribution in [0.25, 0.3) is 0 Å². The maximum Gasteiger partial charge on any atom is 0.0758 e. The summed E-state index contributed by atoms with van der Waals surface area (Å²) in [6.45, 7) is 0. The normalized spacial score (nSPS) is 18.8. The van der Waals surface area contributed by atoms with Gasteiger partial charge in [-0.1, -0.05) is 59.2 Å². The Labute approximate surface area is 89.1 Å². The molecule has 0 aromatic rings. The average Bonchev–Trinajstić information content (AvgIpc) is 1.84. The Morgan fingerprint density at radius 3 is 1.69 bits per heavy atom. The maximum absolute atomic E-state index is 5.62. The first-order chi connectivity index (χ1) is 5.30. The van der Waals surface area contributed by atoms with Gasteiger partial charge in [-0.05, 0) is 12.8 Å². The van der Waals surface area contributed by atoms with Crippen LogP contribution in [0, 0.1) is 5.92 Å². The van der Waals surface area contributed by atoms with E-state index in [4.69, 9.17) is 18.0 Å². The molecule has 0 radical (unpaired) electrons. The van der Waals surface area contributed by atoms with Crippen LogP contribution < -0.4 is 5.73 Å². The van der Waals surface area contributed by atoms with Gasteiger partial charge in [0, 0.05) is 5.92 Å². The third-order valence-corrected chi connectivity index (χ3v) is 2.84. The van der Waals surface area contributed by atoms with E-state index in [0.29, 0.717) is 5.92 Å². The van der Waals surface area contributed by atoms with E-state index in [-0.39, 0.29) is 14.9 Å². The number of nitrogens with two attached hydrogens (primary N) is 1. The molecule has 1 saturated carbocycles. The van der Waals surface area contributed by atoms with Crippen LogP contribution in [-0.2, 0) is 0 Å². The van der Waals surface area contributed by atoms with Gasteiger partial charge < -0.3 is 5.73 Å². The molecule has 2 N–H and O–H groups in total. The molecule has 1 rings (SSSR count). The Morgan fingerprint density at radius 2 is 1.31 bits per heavy atom. The maximum atomic E-state index is 5.62. The van der Waals surface area contributed by atoms with Crippen molar-refractivity contribution >= 4 is 17.2 Å². The first kappa shape index (κ1) is 15.4. The Balaban J connectivity index is 0. The van der Waals surface area contributed by atoms with E-state index in [9.17, 15) is 0 Å². The predicted molar refractivity (Wildman–Crippen MR) is 66.1 cm³/mol. The fourth-order valence-corrected chi connectivity index (χ4v) is 1.98. The van der Waals surface area contributed by atoms with Gasteiger partial charge in [0.25, 0.3) is 0 Å². The standard InChI is InChI=1S/C9H17NS.2CH4/c10-9(11)8-6-4-2-1-3-5-7-8;;/h8H,1-7H2,(H2,10,11);2*1H4. The van der Waals surface area contributed by atoms with Gasteiger partial charge in [-0.15, -0.1) is 0 Å². The number of rotatable bonds is 1. The minimum Gasteiger partial charge on any atom is -0.393 e. The van der Waals surface area contributed by atoms with Crippen molar-refractivity contribution in [1.82, 2.24) is 0 Å². The van der Waals surface area contributed by atoms with Gasteiger partial charge in [0.05, 0.1) is 4.99 Å². The zero-order chi connectivity index (χ0) is 8.10. The molecule has 0 aromatic heterocycles. The molecule has 13 heavy (non-hydrogen) atoms. The molecule has 1 fully saturated rings. The zero-order valence-corrected chi connectivity index (χ0v) is 7.83. The molecule has 0 spiro atoms. The molecule has 0 saturated heterocycles. The summed E-state index contributed by atoms with van der Waals surface area (Å²) in [4.78, 5) is 0.743. The molecule has 0 bridgehead atoms. The molecule has 0 aromatic carbocycles. The number of thiocarbonyl (C=S) groups is 1. The van der Waals surface area contributed by atoms with Gasteiger partial charge in [0.2, 0.25) is 0 Å². The smallest absolute Gasteiger partial charge is 0.0758 e. The first-order valence-electron chi connectivity index (χ1n) is 4.60. The lowest BCUT2D eigenvalue weighted by Crippen LogP contribution is -2.21. The molecule has 1 aliphatic carbocycles. The Hall–Kier alpha value is -0.110. The summed E-state index contributed by atoms with van der Waals surface area (Å²) in [5.41, 5.74) is 5.62. The van der Waals surface area contributed by atoms with E-state index < -0.39 is 0 Å². The van der Waals surface area contributed by atoms with Crippen LogP contribution >= 0.6 is 12.2 Å². The second kappa shape index (κ2) is 8.49. The van der Waals surface area contributed by atoms with Gasteiger partial charge in [-0.2, -0.15) is 0 Å². The summed E-state index contributed by atoms with van der Waals surface area (Å²) in [5, 5.41) is 0. The molecule has 0 heterocycles. The second-order valence-corrected chi connectivity index (χ2v) is 3.92. The summed E-state index contributed by atoms with van der Waals surface area (Å²) < 4.78 is 0. The summed E-state index contributed by atoms with van der Waals surface area (Å²) in [6, 6.07) is 0. The molecule has 2 heteroatoms. The molecule has 1 nitrogen and oxygen atoms in total. The SMILES string of the molecule is C.C.NC(=S)C1CCCCCCC1. The van der Waals surface area contributed by atoms with Crippen molar-refractivity contribution in [1.29, 1.82) is 0 Å². The fourth-order valence-electron chi connectivity index (χ4n) is 1.74. The van der Waals surface area contributed by atoms with Gasteiger partial charge >= 0.3 is 0 Å². The van der Waals surface area contributed by atoms with Crippen molar-refractivity contribution in [2.24, 2.45) is 11.7 Å². The van der Waals surface area contributed by atoms with Crippen LogP contribution in [0.4, 0.5) is 0 Å². The molecule has 0 aliphatic heterocycles. The van der Waals surface area contributed by atoms with Gasteiger partial charge in [0.1, 0.15) is 0 Å². The molecular formula is C11H25NS. The molecular weight excluding hydrogens is 178 g/mol.